The van der Waals surface area contributed by atoms with Gasteiger partial charge in [-0.05, 0) is 43.0 Å². The van der Waals surface area contributed by atoms with Gasteiger partial charge in [0.05, 0.1) is 16.4 Å². The number of aromatic nitrogens is 4. The predicted molar refractivity (Wildman–Crippen MR) is 137 cm³/mol. The maximum atomic E-state index is 12.5. The third-order valence-corrected chi connectivity index (χ3v) is 7.16. The number of anilines is 2. The van der Waals surface area contributed by atoms with Gasteiger partial charge in [-0.2, -0.15) is 0 Å². The normalized spacial score (nSPS) is 11.1. The highest BCUT2D eigenvalue weighted by molar-refractivity contribution is 7.98. The summed E-state index contributed by atoms with van der Waals surface area (Å²) in [4.78, 5) is 23.4. The first-order valence-corrected chi connectivity index (χ1v) is 12.8. The number of benzene rings is 2. The zero-order chi connectivity index (χ0) is 23.5. The summed E-state index contributed by atoms with van der Waals surface area (Å²) in [5.74, 6) is 1.20. The molecule has 0 saturated carbocycles. The van der Waals surface area contributed by atoms with Crippen molar-refractivity contribution in [3.05, 3.63) is 69.2 Å². The maximum absolute atomic E-state index is 12.5. The summed E-state index contributed by atoms with van der Waals surface area (Å²) in [6.07, 6.45) is 1.00. The number of carbonyl (C=O) groups is 1. The van der Waals surface area contributed by atoms with Crippen LogP contribution in [-0.4, -0.2) is 26.1 Å². The zero-order valence-electron chi connectivity index (χ0n) is 18.8. The standard InChI is InChI=1S/C24H24ClN5OS2/c1-5-17-6-8-18(9-7-17)22-27-23(29-28-22)32-12-19-13-33-24(26-19)30(16(4)31)21-15(3)10-14(2)11-20(21)25/h6-11,13H,5,12H2,1-4H3,(H,27,28,29). The SMILES string of the molecule is CCc1ccc(-c2nc(SCc3csc(N(C(C)=O)c4c(C)cc(C)cc4Cl)n3)n[nH]2)cc1. The van der Waals surface area contributed by atoms with Crippen LogP contribution in [0.4, 0.5) is 10.8 Å². The minimum atomic E-state index is -0.134. The molecule has 6 nitrogen and oxygen atoms in total. The second kappa shape index (κ2) is 10.1. The number of amides is 1. The summed E-state index contributed by atoms with van der Waals surface area (Å²) < 4.78 is 0. The molecule has 2 aromatic carbocycles. The Morgan fingerprint density at radius 2 is 1.94 bits per heavy atom. The van der Waals surface area contributed by atoms with Gasteiger partial charge in [-0.15, -0.1) is 16.4 Å². The summed E-state index contributed by atoms with van der Waals surface area (Å²) in [6.45, 7) is 7.58. The van der Waals surface area contributed by atoms with Gasteiger partial charge in [0, 0.05) is 23.6 Å². The largest absolute Gasteiger partial charge is 0.274 e. The fraction of sp³-hybridized carbons (Fsp3) is 0.250. The number of halogens is 1. The predicted octanol–water partition coefficient (Wildman–Crippen LogP) is 6.74. The van der Waals surface area contributed by atoms with E-state index in [2.05, 4.69) is 46.4 Å². The molecule has 0 aliphatic carbocycles. The van der Waals surface area contributed by atoms with Crippen LogP contribution in [0.25, 0.3) is 11.4 Å². The molecule has 0 aliphatic rings. The number of rotatable bonds is 7. The van der Waals surface area contributed by atoms with Crippen molar-refractivity contribution in [2.45, 2.75) is 45.0 Å². The summed E-state index contributed by atoms with van der Waals surface area (Å²) >= 11 is 9.41. The molecule has 0 unspecified atom stereocenters. The van der Waals surface area contributed by atoms with Crippen LogP contribution in [-0.2, 0) is 17.0 Å². The Balaban J connectivity index is 1.48. The Morgan fingerprint density at radius 1 is 1.18 bits per heavy atom. The van der Waals surface area contributed by atoms with Gasteiger partial charge in [0.1, 0.15) is 0 Å². The lowest BCUT2D eigenvalue weighted by Crippen LogP contribution is -2.24. The number of hydrogen-bond acceptors (Lipinski definition) is 6. The first kappa shape index (κ1) is 23.5. The summed E-state index contributed by atoms with van der Waals surface area (Å²) in [5.41, 5.74) is 5.80. The highest BCUT2D eigenvalue weighted by Crippen LogP contribution is 2.38. The Morgan fingerprint density at radius 3 is 2.61 bits per heavy atom. The number of H-pyrrole nitrogens is 1. The second-order valence-corrected chi connectivity index (χ2v) is 9.88. The van der Waals surface area contributed by atoms with Crippen LogP contribution < -0.4 is 4.90 Å². The summed E-state index contributed by atoms with van der Waals surface area (Å²) in [6, 6.07) is 12.2. The molecule has 0 fully saturated rings. The molecule has 0 saturated heterocycles. The van der Waals surface area contributed by atoms with E-state index in [0.717, 1.165) is 34.6 Å². The number of aromatic amines is 1. The van der Waals surface area contributed by atoms with Crippen LogP contribution in [0.1, 0.15) is 36.2 Å². The molecule has 0 radical (unpaired) electrons. The first-order chi connectivity index (χ1) is 15.9. The second-order valence-electron chi connectivity index (χ2n) is 7.69. The quantitative estimate of drug-likeness (QED) is 0.286. The first-order valence-electron chi connectivity index (χ1n) is 10.5. The molecule has 0 aliphatic heterocycles. The molecule has 1 amide bonds. The van der Waals surface area contributed by atoms with Crippen molar-refractivity contribution in [1.82, 2.24) is 20.2 Å². The molecule has 0 spiro atoms. The van der Waals surface area contributed by atoms with Gasteiger partial charge < -0.3 is 0 Å². The smallest absolute Gasteiger partial charge is 0.230 e. The van der Waals surface area contributed by atoms with Crippen molar-refractivity contribution in [2.75, 3.05) is 4.90 Å². The topological polar surface area (TPSA) is 74.8 Å². The van der Waals surface area contributed by atoms with E-state index in [-0.39, 0.29) is 5.91 Å². The molecule has 2 aromatic heterocycles. The maximum Gasteiger partial charge on any atom is 0.230 e. The summed E-state index contributed by atoms with van der Waals surface area (Å²) in [7, 11) is 0. The van der Waals surface area contributed by atoms with Crippen molar-refractivity contribution in [3.8, 4) is 11.4 Å². The number of thiazole rings is 1. The third-order valence-electron chi connectivity index (χ3n) is 5.12. The lowest BCUT2D eigenvalue weighted by atomic mass is 10.1. The van der Waals surface area contributed by atoms with Crippen molar-refractivity contribution in [3.63, 3.8) is 0 Å². The average molecular weight is 498 g/mol. The van der Waals surface area contributed by atoms with Crippen molar-refractivity contribution in [1.29, 1.82) is 0 Å². The van der Waals surface area contributed by atoms with Gasteiger partial charge >= 0.3 is 0 Å². The van der Waals surface area contributed by atoms with E-state index in [4.69, 9.17) is 16.6 Å². The number of nitrogens with zero attached hydrogens (tertiary/aromatic N) is 4. The summed E-state index contributed by atoms with van der Waals surface area (Å²) in [5, 5.41) is 11.1. The van der Waals surface area contributed by atoms with Crippen LogP contribution in [0.3, 0.4) is 0 Å². The van der Waals surface area contributed by atoms with E-state index in [1.807, 2.05) is 31.4 Å². The van der Waals surface area contributed by atoms with Gasteiger partial charge in [0.2, 0.25) is 11.1 Å². The minimum Gasteiger partial charge on any atom is -0.274 e. The number of hydrogen-bond donors (Lipinski definition) is 1. The van der Waals surface area contributed by atoms with Crippen LogP contribution in [0.5, 0.6) is 0 Å². The molecule has 2 heterocycles. The van der Waals surface area contributed by atoms with Crippen molar-refractivity contribution >= 4 is 51.4 Å². The highest BCUT2D eigenvalue weighted by atomic mass is 35.5. The van der Waals surface area contributed by atoms with E-state index >= 15 is 0 Å². The fourth-order valence-electron chi connectivity index (χ4n) is 3.52. The lowest BCUT2D eigenvalue weighted by molar-refractivity contribution is -0.115. The van der Waals surface area contributed by atoms with Gasteiger partial charge in [0.25, 0.3) is 0 Å². The number of carbonyl (C=O) groups excluding carboxylic acids is 1. The van der Waals surface area contributed by atoms with Crippen LogP contribution >= 0.6 is 34.7 Å². The van der Waals surface area contributed by atoms with Gasteiger partial charge in [-0.1, -0.05) is 60.6 Å². The molecular formula is C24H24ClN5OS2. The third kappa shape index (κ3) is 5.29. The van der Waals surface area contributed by atoms with Crippen molar-refractivity contribution in [2.24, 2.45) is 0 Å². The van der Waals surface area contributed by atoms with E-state index in [1.165, 1.54) is 35.6 Å². The van der Waals surface area contributed by atoms with E-state index in [0.29, 0.717) is 26.8 Å². The zero-order valence-corrected chi connectivity index (χ0v) is 21.2. The van der Waals surface area contributed by atoms with E-state index < -0.39 is 0 Å². The Hall–Kier alpha value is -2.68. The highest BCUT2D eigenvalue weighted by Gasteiger charge is 2.22. The van der Waals surface area contributed by atoms with Crippen molar-refractivity contribution < 1.29 is 4.79 Å². The van der Waals surface area contributed by atoms with Crippen LogP contribution in [0.2, 0.25) is 5.02 Å². The number of thioether (sulfide) groups is 1. The van der Waals surface area contributed by atoms with Crippen LogP contribution in [0, 0.1) is 13.8 Å². The lowest BCUT2D eigenvalue weighted by Gasteiger charge is -2.22. The molecule has 4 aromatic rings. The van der Waals surface area contributed by atoms with Gasteiger partial charge in [-0.3, -0.25) is 14.8 Å². The molecular weight excluding hydrogens is 474 g/mol. The molecule has 0 bridgehead atoms. The Labute approximate surface area is 206 Å². The molecule has 9 heteroatoms. The molecule has 1 N–H and O–H groups in total. The van der Waals surface area contributed by atoms with Gasteiger partial charge in [-0.25, -0.2) is 9.97 Å². The molecule has 4 rings (SSSR count). The Bertz CT molecular complexity index is 1260. The van der Waals surface area contributed by atoms with E-state index in [1.54, 1.807) is 4.90 Å². The van der Waals surface area contributed by atoms with Gasteiger partial charge in [0.15, 0.2) is 11.0 Å². The fourth-order valence-corrected chi connectivity index (χ4v) is 5.60. The number of nitrogens with one attached hydrogen (secondary N) is 1. The monoisotopic (exact) mass is 497 g/mol. The van der Waals surface area contributed by atoms with Crippen LogP contribution in [0.15, 0.2) is 46.9 Å². The molecule has 170 valence electrons. The minimum absolute atomic E-state index is 0.134. The average Bonchev–Trinajstić information content (AvgIpc) is 3.44. The molecule has 33 heavy (non-hydrogen) atoms. The Kier molecular flexibility index (Phi) is 7.17. The molecule has 0 atom stereocenters. The van der Waals surface area contributed by atoms with E-state index in [9.17, 15) is 4.79 Å². The number of aryl methyl sites for hydroxylation is 3.